The molecule has 0 bridgehead atoms. The highest BCUT2D eigenvalue weighted by Gasteiger charge is 2.40. The Labute approximate surface area is 140 Å². The van der Waals surface area contributed by atoms with E-state index in [1.165, 1.54) is 6.92 Å². The normalized spacial score (nSPS) is 12.9. The van der Waals surface area contributed by atoms with Crippen molar-refractivity contribution in [2.75, 3.05) is 12.0 Å². The topological polar surface area (TPSA) is 80.6 Å². The third-order valence-corrected chi connectivity index (χ3v) is 3.37. The third-order valence-electron chi connectivity index (χ3n) is 2.43. The molecule has 25 heavy (non-hydrogen) atoms. The number of anilines is 1. The maximum absolute atomic E-state index is 12.9. The minimum Gasteiger partial charge on any atom is -0.462 e. The molecule has 0 atom stereocenters. The molecule has 0 radical (unpaired) electrons. The lowest BCUT2D eigenvalue weighted by molar-refractivity contribution is -0.169. The van der Waals surface area contributed by atoms with Gasteiger partial charge in [0.15, 0.2) is 5.69 Å². The van der Waals surface area contributed by atoms with Crippen molar-refractivity contribution < 1.29 is 40.7 Å². The van der Waals surface area contributed by atoms with E-state index in [-0.39, 0.29) is 23.7 Å². The van der Waals surface area contributed by atoms with Gasteiger partial charge in [-0.15, -0.1) is 0 Å². The minimum absolute atomic E-state index is 0.159. The van der Waals surface area contributed by atoms with Crippen molar-refractivity contribution in [3.05, 3.63) is 10.6 Å². The summed E-state index contributed by atoms with van der Waals surface area (Å²) < 4.78 is 79.4. The maximum Gasteiger partial charge on any atom is 0.450 e. The maximum atomic E-state index is 12.9. The van der Waals surface area contributed by atoms with Gasteiger partial charge in [0.25, 0.3) is 0 Å². The summed E-state index contributed by atoms with van der Waals surface area (Å²) >= 11 is 0.270. The molecule has 140 valence electrons. The van der Waals surface area contributed by atoms with Crippen LogP contribution in [0.5, 0.6) is 0 Å². The molecular formula is C12H11F6N3O3S. The van der Waals surface area contributed by atoms with Crippen molar-refractivity contribution in [1.29, 1.82) is 0 Å². The number of halogens is 6. The number of hydrogen-bond acceptors (Lipinski definition) is 7. The van der Waals surface area contributed by atoms with Gasteiger partial charge in [-0.1, -0.05) is 11.3 Å². The van der Waals surface area contributed by atoms with E-state index in [1.807, 2.05) is 5.43 Å². The predicted molar refractivity (Wildman–Crippen MR) is 75.5 cm³/mol. The van der Waals surface area contributed by atoms with Crippen LogP contribution in [0.2, 0.25) is 0 Å². The van der Waals surface area contributed by atoms with Gasteiger partial charge in [-0.2, -0.15) is 31.4 Å². The molecule has 1 N–H and O–H groups in total. The zero-order chi connectivity index (χ0) is 19.4. The monoisotopic (exact) mass is 391 g/mol. The van der Waals surface area contributed by atoms with E-state index in [2.05, 4.69) is 14.8 Å². The van der Waals surface area contributed by atoms with Gasteiger partial charge in [-0.25, -0.2) is 9.78 Å². The molecule has 0 fully saturated rings. The molecule has 1 heterocycles. The minimum atomic E-state index is -5.04. The second-order valence-corrected chi connectivity index (χ2v) is 5.47. The van der Waals surface area contributed by atoms with Crippen molar-refractivity contribution in [1.82, 2.24) is 4.98 Å². The van der Waals surface area contributed by atoms with Crippen LogP contribution in [0.4, 0.5) is 31.5 Å². The van der Waals surface area contributed by atoms with Gasteiger partial charge in [0, 0.05) is 5.71 Å². The van der Waals surface area contributed by atoms with Crippen molar-refractivity contribution in [2.45, 2.75) is 32.6 Å². The van der Waals surface area contributed by atoms with Crippen LogP contribution in [0, 0.1) is 0 Å². The Morgan fingerprint density at radius 1 is 1.24 bits per heavy atom. The van der Waals surface area contributed by atoms with Gasteiger partial charge >= 0.3 is 18.3 Å². The van der Waals surface area contributed by atoms with E-state index in [0.717, 1.165) is 6.92 Å². The van der Waals surface area contributed by atoms with Crippen LogP contribution >= 0.6 is 11.3 Å². The zero-order valence-corrected chi connectivity index (χ0v) is 13.5. The van der Waals surface area contributed by atoms with Crippen LogP contribution in [0.3, 0.4) is 0 Å². The number of Topliss-reactive ketones (excluding diaryl/α,β-unsaturated/α-hetero) is 1. The van der Waals surface area contributed by atoms with E-state index in [4.69, 9.17) is 0 Å². The number of rotatable bonds is 6. The van der Waals surface area contributed by atoms with Crippen LogP contribution in [0.15, 0.2) is 5.10 Å². The molecule has 0 unspecified atom stereocenters. The van der Waals surface area contributed by atoms with Gasteiger partial charge in [0.05, 0.1) is 13.0 Å². The van der Waals surface area contributed by atoms with E-state index in [1.54, 1.807) is 0 Å². The quantitative estimate of drug-likeness (QED) is 0.347. The summed E-state index contributed by atoms with van der Waals surface area (Å²) in [7, 11) is 0. The summed E-state index contributed by atoms with van der Waals surface area (Å²) in [5, 5.41) is 2.87. The summed E-state index contributed by atoms with van der Waals surface area (Å²) in [4.78, 5) is 24.6. The van der Waals surface area contributed by atoms with E-state index in [9.17, 15) is 35.9 Å². The van der Waals surface area contributed by atoms with Crippen LogP contribution in [-0.4, -0.2) is 35.2 Å². The standard InChI is InChI=1S/C12H11F6N3O3S/c1-3-24-9(23)7-8(12(16,17)18)19-10(25-7)21-20-5(2)4-6(22)11(13,14)15/h3-4H2,1-2H3,(H,19,21)/b20-5+. The van der Waals surface area contributed by atoms with Crippen LogP contribution in [0.1, 0.15) is 35.6 Å². The number of nitrogens with one attached hydrogen (secondary N) is 1. The highest BCUT2D eigenvalue weighted by molar-refractivity contribution is 7.17. The number of alkyl halides is 6. The molecule has 0 saturated heterocycles. The number of nitrogens with zero attached hydrogens (tertiary/aromatic N) is 2. The van der Waals surface area contributed by atoms with Crippen molar-refractivity contribution in [3.8, 4) is 0 Å². The number of aromatic nitrogens is 1. The van der Waals surface area contributed by atoms with Crippen LogP contribution in [0.25, 0.3) is 0 Å². The van der Waals surface area contributed by atoms with Gasteiger partial charge in [-0.3, -0.25) is 10.2 Å². The lowest BCUT2D eigenvalue weighted by Gasteiger charge is -2.05. The molecule has 0 saturated carbocycles. The average molecular weight is 391 g/mol. The summed E-state index contributed by atoms with van der Waals surface area (Å²) in [6.07, 6.45) is -11.1. The Morgan fingerprint density at radius 2 is 1.84 bits per heavy atom. The Kier molecular flexibility index (Phi) is 6.51. The van der Waals surface area contributed by atoms with E-state index in [0.29, 0.717) is 0 Å². The molecule has 0 spiro atoms. The highest BCUT2D eigenvalue weighted by atomic mass is 32.1. The fourth-order valence-electron chi connectivity index (χ4n) is 1.41. The first kappa shape index (κ1) is 20.9. The zero-order valence-electron chi connectivity index (χ0n) is 12.7. The molecule has 1 aromatic heterocycles. The van der Waals surface area contributed by atoms with E-state index < -0.39 is 46.2 Å². The lowest BCUT2D eigenvalue weighted by Crippen LogP contribution is -2.24. The SMILES string of the molecule is CCOC(=O)c1sc(N/N=C(\C)CC(=O)C(F)(F)F)nc1C(F)(F)F. The number of thiazole rings is 1. The number of carbonyl (C=O) groups is 2. The second kappa shape index (κ2) is 7.80. The third kappa shape index (κ3) is 5.99. The van der Waals surface area contributed by atoms with Crippen LogP contribution < -0.4 is 5.43 Å². The first-order chi connectivity index (χ1) is 11.4. The Bertz CT molecular complexity index is 681. The molecule has 0 aromatic carbocycles. The molecule has 6 nitrogen and oxygen atoms in total. The smallest absolute Gasteiger partial charge is 0.450 e. The summed E-state index contributed by atoms with van der Waals surface area (Å²) in [5.74, 6) is -3.30. The van der Waals surface area contributed by atoms with Crippen molar-refractivity contribution in [3.63, 3.8) is 0 Å². The number of esters is 1. The summed E-state index contributed by atoms with van der Waals surface area (Å²) in [5.41, 5.74) is 0.167. The Balaban J connectivity index is 2.98. The number of hydrazone groups is 1. The predicted octanol–water partition coefficient (Wildman–Crippen LogP) is 3.65. The summed E-state index contributed by atoms with van der Waals surface area (Å²) in [6.45, 7) is 2.31. The molecule has 0 amide bonds. The molecule has 1 aromatic rings. The summed E-state index contributed by atoms with van der Waals surface area (Å²) in [6, 6.07) is 0. The molecule has 0 aliphatic carbocycles. The van der Waals surface area contributed by atoms with Gasteiger partial charge in [-0.05, 0) is 13.8 Å². The van der Waals surface area contributed by atoms with Gasteiger partial charge in [0.1, 0.15) is 4.88 Å². The largest absolute Gasteiger partial charge is 0.462 e. The molecule has 1 rings (SSSR count). The molecule has 0 aliphatic heterocycles. The first-order valence-corrected chi connectivity index (χ1v) is 7.32. The molecular weight excluding hydrogens is 380 g/mol. The number of ketones is 1. The second-order valence-electron chi connectivity index (χ2n) is 4.47. The highest BCUT2D eigenvalue weighted by Crippen LogP contribution is 2.36. The van der Waals surface area contributed by atoms with Crippen LogP contribution in [-0.2, 0) is 15.7 Å². The Morgan fingerprint density at radius 3 is 2.32 bits per heavy atom. The van der Waals surface area contributed by atoms with Gasteiger partial charge < -0.3 is 4.74 Å². The number of carbonyl (C=O) groups excluding carboxylic acids is 2. The average Bonchev–Trinajstić information content (AvgIpc) is 2.89. The Hall–Kier alpha value is -2.18. The van der Waals surface area contributed by atoms with Crippen molar-refractivity contribution >= 4 is 33.9 Å². The van der Waals surface area contributed by atoms with E-state index >= 15 is 0 Å². The van der Waals surface area contributed by atoms with Gasteiger partial charge in [0.2, 0.25) is 10.9 Å². The first-order valence-electron chi connectivity index (χ1n) is 6.50. The molecule has 0 aliphatic rings. The fourth-order valence-corrected chi connectivity index (χ4v) is 2.23. The fraction of sp³-hybridized carbons (Fsp3) is 0.500. The number of ether oxygens (including phenoxy) is 1. The van der Waals surface area contributed by atoms with Crippen molar-refractivity contribution in [2.24, 2.45) is 5.10 Å². The lowest BCUT2D eigenvalue weighted by atomic mass is 10.2. The number of hydrogen-bond donors (Lipinski definition) is 1. The molecule has 13 heteroatoms.